The summed E-state index contributed by atoms with van der Waals surface area (Å²) in [5.74, 6) is 0.480. The van der Waals surface area contributed by atoms with Crippen molar-refractivity contribution in [1.29, 1.82) is 0 Å². The molecule has 0 aromatic carbocycles. The van der Waals surface area contributed by atoms with E-state index in [4.69, 9.17) is 4.74 Å². The zero-order valence-electron chi connectivity index (χ0n) is 11.8. The van der Waals surface area contributed by atoms with Crippen LogP contribution < -0.4 is 10.0 Å². The van der Waals surface area contributed by atoms with Crippen LogP contribution in [0, 0.1) is 5.92 Å². The Labute approximate surface area is 120 Å². The molecule has 7 heteroatoms. The van der Waals surface area contributed by atoms with Gasteiger partial charge in [-0.2, -0.15) is 0 Å². The summed E-state index contributed by atoms with van der Waals surface area (Å²) in [5.41, 5.74) is 0.872. The van der Waals surface area contributed by atoms with Crippen LogP contribution in [0.3, 0.4) is 0 Å². The molecule has 6 nitrogen and oxygen atoms in total. The lowest BCUT2D eigenvalue weighted by Gasteiger charge is -2.08. The van der Waals surface area contributed by atoms with Crippen LogP contribution in [0.4, 0.5) is 0 Å². The molecule has 1 aliphatic rings. The predicted octanol–water partition coefficient (Wildman–Crippen LogP) is 0.829. The van der Waals surface area contributed by atoms with Crippen molar-refractivity contribution in [2.45, 2.75) is 31.2 Å². The molecule has 0 spiro atoms. The van der Waals surface area contributed by atoms with Crippen LogP contribution in [0.1, 0.15) is 25.5 Å². The quantitative estimate of drug-likeness (QED) is 0.664. The van der Waals surface area contributed by atoms with Gasteiger partial charge >= 0.3 is 0 Å². The summed E-state index contributed by atoms with van der Waals surface area (Å²) >= 11 is 0. The normalized spacial score (nSPS) is 19.6. The minimum atomic E-state index is -3.41. The number of hydrogen-bond donors (Lipinski definition) is 3. The van der Waals surface area contributed by atoms with Gasteiger partial charge in [0.25, 0.3) is 0 Å². The predicted molar refractivity (Wildman–Crippen MR) is 76.9 cm³/mol. The minimum absolute atomic E-state index is 0.299. The molecular formula is C13H23N3O3S. The van der Waals surface area contributed by atoms with Gasteiger partial charge in [-0.25, -0.2) is 13.1 Å². The maximum Gasteiger partial charge on any atom is 0.242 e. The molecule has 0 aliphatic carbocycles. The van der Waals surface area contributed by atoms with Crippen LogP contribution >= 0.6 is 0 Å². The third-order valence-corrected chi connectivity index (χ3v) is 4.90. The van der Waals surface area contributed by atoms with Crippen LogP contribution in [0.5, 0.6) is 0 Å². The summed E-state index contributed by atoms with van der Waals surface area (Å²) in [6, 6.07) is 1.67. The monoisotopic (exact) mass is 301 g/mol. The maximum absolute atomic E-state index is 12.1. The van der Waals surface area contributed by atoms with Crippen molar-refractivity contribution in [3.8, 4) is 0 Å². The van der Waals surface area contributed by atoms with E-state index < -0.39 is 10.0 Å². The molecule has 1 aliphatic heterocycles. The van der Waals surface area contributed by atoms with E-state index in [9.17, 15) is 8.42 Å². The number of H-pyrrole nitrogens is 1. The van der Waals surface area contributed by atoms with Gasteiger partial charge in [-0.1, -0.05) is 6.92 Å². The number of sulfonamides is 1. The summed E-state index contributed by atoms with van der Waals surface area (Å²) in [5, 5.41) is 3.15. The Kier molecular flexibility index (Phi) is 5.59. The fourth-order valence-electron chi connectivity index (χ4n) is 2.23. The first-order valence-electron chi connectivity index (χ1n) is 7.07. The summed E-state index contributed by atoms with van der Waals surface area (Å²) in [4.78, 5) is 3.28. The molecular weight excluding hydrogens is 278 g/mol. The van der Waals surface area contributed by atoms with Gasteiger partial charge in [-0.05, 0) is 31.4 Å². The minimum Gasteiger partial charge on any atom is -0.381 e. The van der Waals surface area contributed by atoms with Crippen molar-refractivity contribution in [1.82, 2.24) is 15.0 Å². The maximum atomic E-state index is 12.1. The van der Waals surface area contributed by atoms with E-state index in [0.29, 0.717) is 23.9 Å². The number of aromatic nitrogens is 1. The van der Waals surface area contributed by atoms with E-state index in [-0.39, 0.29) is 0 Å². The zero-order valence-corrected chi connectivity index (χ0v) is 12.6. The summed E-state index contributed by atoms with van der Waals surface area (Å²) < 4.78 is 32.1. The van der Waals surface area contributed by atoms with Gasteiger partial charge in [0.15, 0.2) is 0 Å². The van der Waals surface area contributed by atoms with Crippen LogP contribution in [-0.2, 0) is 21.3 Å². The molecule has 1 unspecified atom stereocenters. The Morgan fingerprint density at radius 1 is 1.50 bits per heavy atom. The summed E-state index contributed by atoms with van der Waals surface area (Å²) in [6.07, 6.45) is 3.39. The van der Waals surface area contributed by atoms with Gasteiger partial charge in [0.1, 0.15) is 0 Å². The van der Waals surface area contributed by atoms with E-state index >= 15 is 0 Å². The molecule has 3 N–H and O–H groups in total. The molecule has 1 aromatic rings. The van der Waals surface area contributed by atoms with Gasteiger partial charge in [0.05, 0.1) is 4.90 Å². The second-order valence-corrected chi connectivity index (χ2v) is 6.82. The Hall–Kier alpha value is -0.890. The molecule has 114 valence electrons. The van der Waals surface area contributed by atoms with Gasteiger partial charge in [0, 0.05) is 38.2 Å². The molecule has 2 rings (SSSR count). The van der Waals surface area contributed by atoms with Crippen molar-refractivity contribution >= 4 is 10.0 Å². The lowest BCUT2D eigenvalue weighted by atomic mass is 10.1. The third kappa shape index (κ3) is 4.31. The highest BCUT2D eigenvalue weighted by molar-refractivity contribution is 7.89. The van der Waals surface area contributed by atoms with Gasteiger partial charge < -0.3 is 15.0 Å². The fourth-order valence-corrected chi connectivity index (χ4v) is 3.29. The number of ether oxygens (including phenoxy) is 1. The van der Waals surface area contributed by atoms with E-state index in [1.165, 1.54) is 6.20 Å². The van der Waals surface area contributed by atoms with E-state index in [0.717, 1.165) is 38.3 Å². The van der Waals surface area contributed by atoms with Crippen LogP contribution in [-0.4, -0.2) is 39.7 Å². The topological polar surface area (TPSA) is 83.2 Å². The van der Waals surface area contributed by atoms with E-state index in [2.05, 4.69) is 15.0 Å². The van der Waals surface area contributed by atoms with E-state index in [1.807, 2.05) is 6.92 Å². The van der Waals surface area contributed by atoms with Crippen LogP contribution in [0.25, 0.3) is 0 Å². The van der Waals surface area contributed by atoms with Crippen molar-refractivity contribution in [2.75, 3.05) is 26.3 Å². The number of hydrogen-bond acceptors (Lipinski definition) is 4. The highest BCUT2D eigenvalue weighted by Gasteiger charge is 2.19. The molecule has 1 saturated heterocycles. The lowest BCUT2D eigenvalue weighted by molar-refractivity contribution is 0.184. The average molecular weight is 301 g/mol. The second kappa shape index (κ2) is 7.21. The van der Waals surface area contributed by atoms with Crippen LogP contribution in [0.15, 0.2) is 17.2 Å². The van der Waals surface area contributed by atoms with E-state index in [1.54, 1.807) is 6.07 Å². The first-order valence-corrected chi connectivity index (χ1v) is 8.55. The first-order chi connectivity index (χ1) is 9.62. The fraction of sp³-hybridized carbons (Fsp3) is 0.692. The first kappa shape index (κ1) is 15.5. The van der Waals surface area contributed by atoms with Crippen molar-refractivity contribution in [2.24, 2.45) is 5.92 Å². The highest BCUT2D eigenvalue weighted by Crippen LogP contribution is 2.16. The third-order valence-electron chi connectivity index (χ3n) is 3.46. The Morgan fingerprint density at radius 3 is 3.05 bits per heavy atom. The molecule has 0 saturated carbocycles. The average Bonchev–Trinajstić information content (AvgIpc) is 3.07. The second-order valence-electron chi connectivity index (χ2n) is 5.06. The number of nitrogens with one attached hydrogen (secondary N) is 3. The Balaban J connectivity index is 1.83. The lowest BCUT2D eigenvalue weighted by Crippen LogP contribution is -2.26. The molecule has 0 amide bonds. The van der Waals surface area contributed by atoms with Crippen molar-refractivity contribution in [3.63, 3.8) is 0 Å². The van der Waals surface area contributed by atoms with Crippen molar-refractivity contribution < 1.29 is 13.2 Å². The van der Waals surface area contributed by atoms with Gasteiger partial charge in [-0.15, -0.1) is 0 Å². The molecule has 2 heterocycles. The smallest absolute Gasteiger partial charge is 0.242 e. The molecule has 1 atom stereocenters. The largest absolute Gasteiger partial charge is 0.381 e. The summed E-state index contributed by atoms with van der Waals surface area (Å²) in [7, 11) is -3.41. The van der Waals surface area contributed by atoms with Gasteiger partial charge in [0.2, 0.25) is 10.0 Å². The molecule has 1 fully saturated rings. The Bertz CT molecular complexity index is 507. The van der Waals surface area contributed by atoms with Crippen molar-refractivity contribution in [3.05, 3.63) is 18.0 Å². The highest BCUT2D eigenvalue weighted by atomic mass is 32.2. The Morgan fingerprint density at radius 2 is 2.35 bits per heavy atom. The molecule has 0 bridgehead atoms. The number of rotatable bonds is 8. The standard InChI is InChI=1S/C13H23N3O3S/c1-2-14-8-12-7-13(9-15-12)20(17,18)16-5-3-11-4-6-19-10-11/h7,9,11,14-16H,2-6,8,10H2,1H3. The summed E-state index contributed by atoms with van der Waals surface area (Å²) in [6.45, 7) is 5.51. The number of aromatic amines is 1. The SMILES string of the molecule is CCNCc1cc(S(=O)(=O)NCCC2CCOC2)c[nH]1. The molecule has 1 aromatic heterocycles. The molecule has 0 radical (unpaired) electrons. The van der Waals surface area contributed by atoms with Gasteiger partial charge in [-0.3, -0.25) is 0 Å². The molecule has 20 heavy (non-hydrogen) atoms. The zero-order chi connectivity index (χ0) is 14.4. The van der Waals surface area contributed by atoms with Crippen LogP contribution in [0.2, 0.25) is 0 Å².